The van der Waals surface area contributed by atoms with E-state index in [-0.39, 0.29) is 11.3 Å². The van der Waals surface area contributed by atoms with E-state index in [1.807, 2.05) is 23.2 Å². The minimum absolute atomic E-state index is 0.0777. The Bertz CT molecular complexity index is 741. The van der Waals surface area contributed by atoms with Gasteiger partial charge in [-0.1, -0.05) is 18.9 Å². The van der Waals surface area contributed by atoms with Crippen molar-refractivity contribution in [1.82, 2.24) is 14.8 Å². The summed E-state index contributed by atoms with van der Waals surface area (Å²) in [5, 5.41) is 9.69. The van der Waals surface area contributed by atoms with Gasteiger partial charge in [0, 0.05) is 49.9 Å². The molecule has 0 radical (unpaired) electrons. The molecule has 6 nitrogen and oxygen atoms in total. The normalized spacial score (nSPS) is 29.4. The van der Waals surface area contributed by atoms with E-state index in [9.17, 15) is 10.1 Å². The number of hydrogen-bond acceptors (Lipinski definition) is 5. The molecule has 1 amide bonds. The fourth-order valence-corrected chi connectivity index (χ4v) is 5.52. The summed E-state index contributed by atoms with van der Waals surface area (Å²) < 4.78 is 6.05. The number of amides is 1. The third-order valence-electron chi connectivity index (χ3n) is 7.05. The molecule has 4 rings (SSSR count). The summed E-state index contributed by atoms with van der Waals surface area (Å²) in [6.07, 6.45) is 8.05. The van der Waals surface area contributed by atoms with Crippen molar-refractivity contribution < 1.29 is 9.53 Å². The molecule has 0 N–H and O–H groups in total. The molecule has 2 aliphatic heterocycles. The van der Waals surface area contributed by atoms with Gasteiger partial charge in [0.25, 0.3) is 0 Å². The zero-order valence-electron chi connectivity index (χ0n) is 16.8. The molecule has 1 aromatic rings. The first-order chi connectivity index (χ1) is 13.6. The van der Waals surface area contributed by atoms with Gasteiger partial charge in [0.1, 0.15) is 5.41 Å². The second kappa shape index (κ2) is 7.81. The highest BCUT2D eigenvalue weighted by Crippen LogP contribution is 2.46. The number of pyridine rings is 1. The summed E-state index contributed by atoms with van der Waals surface area (Å²) in [7, 11) is 2.15. The molecule has 28 heavy (non-hydrogen) atoms. The first kappa shape index (κ1) is 19.4. The SMILES string of the molecule is CN1C[C@H](COCc2cccnc2)[C@]2(CCN(C(=O)C3(C#N)CCCC3)C2)C1. The average Bonchev–Trinajstić information content (AvgIpc) is 3.42. The van der Waals surface area contributed by atoms with Crippen molar-refractivity contribution in [3.8, 4) is 6.07 Å². The average molecular weight is 383 g/mol. The van der Waals surface area contributed by atoms with Gasteiger partial charge in [-0.2, -0.15) is 5.26 Å². The Morgan fingerprint density at radius 1 is 1.36 bits per heavy atom. The van der Waals surface area contributed by atoms with Crippen molar-refractivity contribution in [2.24, 2.45) is 16.7 Å². The summed E-state index contributed by atoms with van der Waals surface area (Å²) in [5.74, 6) is 0.488. The number of carbonyl (C=O) groups excluding carboxylic acids is 1. The number of nitriles is 1. The van der Waals surface area contributed by atoms with Crippen LogP contribution in [0.2, 0.25) is 0 Å². The predicted octanol–water partition coefficient (Wildman–Crippen LogP) is 2.46. The van der Waals surface area contributed by atoms with Crippen LogP contribution < -0.4 is 0 Å². The Kier molecular flexibility index (Phi) is 5.39. The summed E-state index contributed by atoms with van der Waals surface area (Å²) >= 11 is 0. The number of likely N-dealkylation sites (tertiary alicyclic amines) is 2. The van der Waals surface area contributed by atoms with E-state index >= 15 is 0 Å². The molecule has 1 aromatic heterocycles. The second-order valence-electron chi connectivity index (χ2n) is 9.01. The molecule has 3 fully saturated rings. The van der Waals surface area contributed by atoms with Crippen molar-refractivity contribution in [3.05, 3.63) is 30.1 Å². The van der Waals surface area contributed by atoms with Gasteiger partial charge >= 0.3 is 0 Å². The minimum Gasteiger partial charge on any atom is -0.376 e. The van der Waals surface area contributed by atoms with E-state index < -0.39 is 5.41 Å². The largest absolute Gasteiger partial charge is 0.376 e. The van der Waals surface area contributed by atoms with Crippen molar-refractivity contribution in [2.45, 2.75) is 38.7 Å². The quantitative estimate of drug-likeness (QED) is 0.782. The molecule has 6 heteroatoms. The zero-order chi connectivity index (χ0) is 19.6. The van der Waals surface area contributed by atoms with Gasteiger partial charge in [0.05, 0.1) is 19.3 Å². The summed E-state index contributed by atoms with van der Waals surface area (Å²) in [6, 6.07) is 6.33. The van der Waals surface area contributed by atoms with Gasteiger partial charge in [-0.3, -0.25) is 9.78 Å². The molecule has 2 atom stereocenters. The topological polar surface area (TPSA) is 69.5 Å². The monoisotopic (exact) mass is 382 g/mol. The number of nitrogens with zero attached hydrogens (tertiary/aromatic N) is 4. The molecule has 3 aliphatic rings. The van der Waals surface area contributed by atoms with Crippen LogP contribution in [0.25, 0.3) is 0 Å². The lowest BCUT2D eigenvalue weighted by molar-refractivity contribution is -0.138. The number of ether oxygens (including phenoxy) is 1. The molecule has 3 heterocycles. The molecule has 1 spiro atoms. The summed E-state index contributed by atoms with van der Waals surface area (Å²) in [6.45, 7) is 4.81. The van der Waals surface area contributed by atoms with Crippen LogP contribution in [0.4, 0.5) is 0 Å². The van der Waals surface area contributed by atoms with Crippen LogP contribution in [-0.4, -0.2) is 60.5 Å². The molecular weight excluding hydrogens is 352 g/mol. The van der Waals surface area contributed by atoms with Crippen LogP contribution in [0.15, 0.2) is 24.5 Å². The Balaban J connectivity index is 1.40. The highest BCUT2D eigenvalue weighted by molar-refractivity contribution is 5.86. The lowest BCUT2D eigenvalue weighted by Crippen LogP contribution is -2.43. The third kappa shape index (κ3) is 3.54. The highest BCUT2D eigenvalue weighted by atomic mass is 16.5. The van der Waals surface area contributed by atoms with Crippen molar-refractivity contribution >= 4 is 5.91 Å². The Morgan fingerprint density at radius 2 is 2.18 bits per heavy atom. The van der Waals surface area contributed by atoms with Crippen LogP contribution in [0.1, 0.15) is 37.7 Å². The number of aromatic nitrogens is 1. The van der Waals surface area contributed by atoms with Crippen LogP contribution >= 0.6 is 0 Å². The number of rotatable bonds is 5. The van der Waals surface area contributed by atoms with Crippen molar-refractivity contribution in [2.75, 3.05) is 39.8 Å². The molecule has 1 aliphatic carbocycles. The second-order valence-corrected chi connectivity index (χ2v) is 9.01. The van der Waals surface area contributed by atoms with E-state index in [1.165, 1.54) is 0 Å². The Labute approximate surface area is 167 Å². The van der Waals surface area contributed by atoms with Gasteiger partial charge in [0.2, 0.25) is 5.91 Å². The molecule has 0 bridgehead atoms. The van der Waals surface area contributed by atoms with Crippen LogP contribution in [0.5, 0.6) is 0 Å². The van der Waals surface area contributed by atoms with Gasteiger partial charge in [-0.15, -0.1) is 0 Å². The van der Waals surface area contributed by atoms with E-state index in [0.29, 0.717) is 19.1 Å². The first-order valence-electron chi connectivity index (χ1n) is 10.4. The maximum Gasteiger partial charge on any atom is 0.243 e. The predicted molar refractivity (Wildman–Crippen MR) is 105 cm³/mol. The zero-order valence-corrected chi connectivity index (χ0v) is 16.8. The number of hydrogen-bond donors (Lipinski definition) is 0. The maximum absolute atomic E-state index is 13.2. The highest BCUT2D eigenvalue weighted by Gasteiger charge is 2.53. The maximum atomic E-state index is 13.2. The minimum atomic E-state index is -0.762. The standard InChI is InChI=1S/C22H30N4O2/c1-25-12-19(14-28-13-18-5-4-9-24-11-18)22(16-25)8-10-26(17-22)20(27)21(15-23)6-2-3-7-21/h4-5,9,11,19H,2-3,6-8,10,12-14,16-17H2,1H3/t19-,22-/m1/s1. The summed E-state index contributed by atoms with van der Waals surface area (Å²) in [5.41, 5.74) is 0.417. The first-order valence-corrected chi connectivity index (χ1v) is 10.4. The molecule has 1 saturated carbocycles. The van der Waals surface area contributed by atoms with Gasteiger partial charge in [-0.25, -0.2) is 0 Å². The van der Waals surface area contributed by atoms with Crippen molar-refractivity contribution in [1.29, 1.82) is 5.26 Å². The fraction of sp³-hybridized carbons (Fsp3) is 0.682. The smallest absolute Gasteiger partial charge is 0.243 e. The van der Waals surface area contributed by atoms with E-state index in [2.05, 4.69) is 23.0 Å². The fourth-order valence-electron chi connectivity index (χ4n) is 5.52. The lowest BCUT2D eigenvalue weighted by Gasteiger charge is -2.32. The molecule has 150 valence electrons. The van der Waals surface area contributed by atoms with Crippen LogP contribution in [0.3, 0.4) is 0 Å². The van der Waals surface area contributed by atoms with E-state index in [1.54, 1.807) is 6.20 Å². The van der Waals surface area contributed by atoms with Gasteiger partial charge in [0.15, 0.2) is 0 Å². The van der Waals surface area contributed by atoms with E-state index in [0.717, 1.165) is 63.8 Å². The van der Waals surface area contributed by atoms with Crippen molar-refractivity contribution in [3.63, 3.8) is 0 Å². The summed E-state index contributed by atoms with van der Waals surface area (Å²) in [4.78, 5) is 21.7. The lowest BCUT2D eigenvalue weighted by atomic mass is 9.77. The van der Waals surface area contributed by atoms with Crippen LogP contribution in [0, 0.1) is 28.1 Å². The van der Waals surface area contributed by atoms with Crippen LogP contribution in [-0.2, 0) is 16.1 Å². The Morgan fingerprint density at radius 3 is 2.89 bits per heavy atom. The Hall–Kier alpha value is -1.97. The molecule has 0 aromatic carbocycles. The molecule has 2 saturated heterocycles. The van der Waals surface area contributed by atoms with E-state index in [4.69, 9.17) is 4.74 Å². The molecular formula is C22H30N4O2. The third-order valence-corrected chi connectivity index (χ3v) is 7.05. The molecule has 0 unspecified atom stereocenters. The number of carbonyl (C=O) groups is 1. The van der Waals surface area contributed by atoms with Gasteiger partial charge < -0.3 is 14.5 Å². The van der Waals surface area contributed by atoms with Gasteiger partial charge in [-0.05, 0) is 37.9 Å².